The van der Waals surface area contributed by atoms with E-state index in [0.717, 1.165) is 29.8 Å². The molecule has 0 bridgehead atoms. The summed E-state index contributed by atoms with van der Waals surface area (Å²) in [6.07, 6.45) is 11.3. The van der Waals surface area contributed by atoms with Gasteiger partial charge in [-0.25, -0.2) is 4.98 Å². The summed E-state index contributed by atoms with van der Waals surface area (Å²) >= 11 is 0. The molecule has 0 aromatic carbocycles. The van der Waals surface area contributed by atoms with Gasteiger partial charge in [0, 0.05) is 12.4 Å². The average molecular weight is 242 g/mol. The van der Waals surface area contributed by atoms with E-state index >= 15 is 0 Å². The fourth-order valence-electron chi connectivity index (χ4n) is 2.56. The van der Waals surface area contributed by atoms with E-state index in [-0.39, 0.29) is 0 Å². The fourth-order valence-corrected chi connectivity index (χ4v) is 2.56. The Hall–Kier alpha value is -1.61. The molecule has 2 heterocycles. The first-order valence-electron chi connectivity index (χ1n) is 6.65. The number of aliphatic hydroxyl groups is 1. The second-order valence-electron chi connectivity index (χ2n) is 4.91. The average Bonchev–Trinajstić information content (AvgIpc) is 2.64. The van der Waals surface area contributed by atoms with Crippen molar-refractivity contribution < 1.29 is 5.11 Å². The molecule has 2 aromatic heterocycles. The van der Waals surface area contributed by atoms with Gasteiger partial charge in [0.15, 0.2) is 0 Å². The molecular formula is C15H18N2O. The van der Waals surface area contributed by atoms with Crippen LogP contribution in [0.15, 0.2) is 42.2 Å². The lowest BCUT2D eigenvalue weighted by atomic mass is 10.0. The summed E-state index contributed by atoms with van der Waals surface area (Å²) in [7, 11) is 0. The van der Waals surface area contributed by atoms with E-state index in [1.54, 1.807) is 0 Å². The lowest BCUT2D eigenvalue weighted by Crippen LogP contribution is -2.01. The minimum atomic E-state index is -0.539. The Kier molecular flexibility index (Phi) is 3.15. The zero-order valence-corrected chi connectivity index (χ0v) is 10.4. The molecule has 0 fully saturated rings. The van der Waals surface area contributed by atoms with Crippen LogP contribution in [0.5, 0.6) is 0 Å². The van der Waals surface area contributed by atoms with Crippen LogP contribution < -0.4 is 0 Å². The van der Waals surface area contributed by atoms with Crippen LogP contribution in [-0.4, -0.2) is 14.5 Å². The Morgan fingerprint density at radius 2 is 2.17 bits per heavy atom. The quantitative estimate of drug-likeness (QED) is 0.821. The molecule has 2 aromatic rings. The number of rotatable bonds is 2. The Labute approximate surface area is 107 Å². The molecule has 0 radical (unpaired) electrons. The Bertz CT molecular complexity index is 538. The van der Waals surface area contributed by atoms with Crippen molar-refractivity contribution in [3.8, 4) is 0 Å². The molecule has 3 heteroatoms. The van der Waals surface area contributed by atoms with Crippen LogP contribution in [0, 0.1) is 0 Å². The predicted molar refractivity (Wildman–Crippen MR) is 71.3 cm³/mol. The first-order chi connectivity index (χ1) is 8.84. The van der Waals surface area contributed by atoms with E-state index in [1.165, 1.54) is 19.3 Å². The van der Waals surface area contributed by atoms with Crippen LogP contribution in [0.4, 0.5) is 0 Å². The van der Waals surface area contributed by atoms with E-state index in [2.05, 4.69) is 11.1 Å². The predicted octanol–water partition coefficient (Wildman–Crippen LogP) is 3.26. The minimum absolute atomic E-state index is 0.539. The third-order valence-corrected chi connectivity index (χ3v) is 3.59. The van der Waals surface area contributed by atoms with Crippen molar-refractivity contribution in [2.45, 2.75) is 38.2 Å². The second kappa shape index (κ2) is 4.94. The number of fused-ring (bicyclic) bond motifs is 1. The number of hydrogen-bond acceptors (Lipinski definition) is 2. The van der Waals surface area contributed by atoms with Gasteiger partial charge in [0.05, 0.1) is 5.69 Å². The van der Waals surface area contributed by atoms with Crippen molar-refractivity contribution in [2.24, 2.45) is 0 Å². The first-order valence-corrected chi connectivity index (χ1v) is 6.65. The SMILES string of the molecule is OC(C1=CCCCCC1)c1cn2ccccc2n1. The van der Waals surface area contributed by atoms with Crippen molar-refractivity contribution in [1.82, 2.24) is 9.38 Å². The van der Waals surface area contributed by atoms with Gasteiger partial charge in [-0.1, -0.05) is 18.6 Å². The van der Waals surface area contributed by atoms with Crippen molar-refractivity contribution in [3.05, 3.63) is 47.9 Å². The number of nitrogens with zero attached hydrogens (tertiary/aromatic N) is 2. The van der Waals surface area contributed by atoms with E-state index < -0.39 is 6.10 Å². The third-order valence-electron chi connectivity index (χ3n) is 3.59. The van der Waals surface area contributed by atoms with Gasteiger partial charge in [0.2, 0.25) is 0 Å². The number of aliphatic hydroxyl groups excluding tert-OH is 1. The van der Waals surface area contributed by atoms with E-state index in [1.807, 2.05) is 35.0 Å². The van der Waals surface area contributed by atoms with Gasteiger partial charge in [-0.3, -0.25) is 0 Å². The van der Waals surface area contributed by atoms with E-state index in [4.69, 9.17) is 0 Å². The number of hydrogen-bond donors (Lipinski definition) is 1. The monoisotopic (exact) mass is 242 g/mol. The molecule has 1 atom stereocenters. The molecule has 1 aliphatic rings. The summed E-state index contributed by atoms with van der Waals surface area (Å²) in [6.45, 7) is 0. The zero-order chi connectivity index (χ0) is 12.4. The summed E-state index contributed by atoms with van der Waals surface area (Å²) in [4.78, 5) is 4.49. The smallest absolute Gasteiger partial charge is 0.137 e. The maximum Gasteiger partial charge on any atom is 0.137 e. The van der Waals surface area contributed by atoms with Gasteiger partial charge in [0.25, 0.3) is 0 Å². The molecule has 0 saturated heterocycles. The van der Waals surface area contributed by atoms with Crippen molar-refractivity contribution in [3.63, 3.8) is 0 Å². The second-order valence-corrected chi connectivity index (χ2v) is 4.91. The highest BCUT2D eigenvalue weighted by atomic mass is 16.3. The largest absolute Gasteiger partial charge is 0.382 e. The molecule has 18 heavy (non-hydrogen) atoms. The van der Waals surface area contributed by atoms with Crippen LogP contribution in [0.3, 0.4) is 0 Å². The van der Waals surface area contributed by atoms with Crippen molar-refractivity contribution in [2.75, 3.05) is 0 Å². The topological polar surface area (TPSA) is 37.5 Å². The maximum atomic E-state index is 10.4. The molecule has 0 spiro atoms. The summed E-state index contributed by atoms with van der Waals surface area (Å²) in [6, 6.07) is 5.89. The highest BCUT2D eigenvalue weighted by molar-refractivity contribution is 5.40. The molecule has 0 saturated carbocycles. The molecule has 0 aliphatic heterocycles. The van der Waals surface area contributed by atoms with Gasteiger partial charge in [-0.05, 0) is 43.4 Å². The third kappa shape index (κ3) is 2.18. The normalized spacial score (nSPS) is 18.4. The van der Waals surface area contributed by atoms with Crippen molar-refractivity contribution >= 4 is 5.65 Å². The Morgan fingerprint density at radius 1 is 1.22 bits per heavy atom. The molecule has 1 unspecified atom stereocenters. The van der Waals surface area contributed by atoms with E-state index in [0.29, 0.717) is 0 Å². The highest BCUT2D eigenvalue weighted by Crippen LogP contribution is 2.28. The zero-order valence-electron chi connectivity index (χ0n) is 10.4. The molecular weight excluding hydrogens is 224 g/mol. The molecule has 3 rings (SSSR count). The molecule has 3 nitrogen and oxygen atoms in total. The van der Waals surface area contributed by atoms with Crippen LogP contribution in [0.1, 0.15) is 43.9 Å². The number of imidazole rings is 1. The lowest BCUT2D eigenvalue weighted by molar-refractivity contribution is 0.206. The standard InChI is InChI=1S/C15H18N2O/c18-15(12-7-3-1-2-4-8-12)13-11-17-10-6-5-9-14(17)16-13/h5-7,9-11,15,18H,1-4,8H2. The van der Waals surface area contributed by atoms with Crippen LogP contribution >= 0.6 is 0 Å². The Balaban J connectivity index is 1.90. The van der Waals surface area contributed by atoms with Crippen LogP contribution in [-0.2, 0) is 0 Å². The van der Waals surface area contributed by atoms with Gasteiger partial charge < -0.3 is 9.51 Å². The van der Waals surface area contributed by atoms with Crippen LogP contribution in [0.25, 0.3) is 5.65 Å². The molecule has 1 aliphatic carbocycles. The first kappa shape index (κ1) is 11.5. The number of allylic oxidation sites excluding steroid dienone is 1. The minimum Gasteiger partial charge on any atom is -0.382 e. The van der Waals surface area contributed by atoms with Crippen molar-refractivity contribution in [1.29, 1.82) is 0 Å². The van der Waals surface area contributed by atoms with E-state index in [9.17, 15) is 5.11 Å². The van der Waals surface area contributed by atoms with Crippen LogP contribution in [0.2, 0.25) is 0 Å². The fraction of sp³-hybridized carbons (Fsp3) is 0.400. The van der Waals surface area contributed by atoms with Gasteiger partial charge >= 0.3 is 0 Å². The number of pyridine rings is 1. The summed E-state index contributed by atoms with van der Waals surface area (Å²) < 4.78 is 1.95. The Morgan fingerprint density at radius 3 is 3.06 bits per heavy atom. The molecule has 1 N–H and O–H groups in total. The lowest BCUT2D eigenvalue weighted by Gasteiger charge is -2.11. The summed E-state index contributed by atoms with van der Waals surface area (Å²) in [5, 5.41) is 10.4. The number of aromatic nitrogens is 2. The summed E-state index contributed by atoms with van der Waals surface area (Å²) in [5.74, 6) is 0. The van der Waals surface area contributed by atoms with Gasteiger partial charge in [0.1, 0.15) is 11.8 Å². The molecule has 0 amide bonds. The van der Waals surface area contributed by atoms with Gasteiger partial charge in [-0.2, -0.15) is 0 Å². The maximum absolute atomic E-state index is 10.4. The van der Waals surface area contributed by atoms with Gasteiger partial charge in [-0.15, -0.1) is 0 Å². The summed E-state index contributed by atoms with van der Waals surface area (Å²) in [5.41, 5.74) is 2.78. The highest BCUT2D eigenvalue weighted by Gasteiger charge is 2.17. The molecule has 94 valence electrons.